The van der Waals surface area contributed by atoms with Crippen molar-refractivity contribution in [1.82, 2.24) is 15.1 Å². The van der Waals surface area contributed by atoms with Crippen molar-refractivity contribution in [2.75, 3.05) is 0 Å². The van der Waals surface area contributed by atoms with Gasteiger partial charge in [0.25, 0.3) is 5.91 Å². The monoisotopic (exact) mass is 415 g/mol. The van der Waals surface area contributed by atoms with Crippen LogP contribution < -0.4 is 11.1 Å². The number of benzene rings is 2. The first-order valence-electron chi connectivity index (χ1n) is 8.78. The third kappa shape index (κ3) is 5.32. The molecule has 8 nitrogen and oxygen atoms in total. The van der Waals surface area contributed by atoms with Gasteiger partial charge in [0.1, 0.15) is 6.54 Å². The lowest BCUT2D eigenvalue weighted by molar-refractivity contribution is -0.155. The van der Waals surface area contributed by atoms with Crippen LogP contribution in [0.5, 0.6) is 0 Å². The molecular formula is C20H18ClN3O5. The second kappa shape index (κ2) is 9.20. The van der Waals surface area contributed by atoms with Gasteiger partial charge in [-0.1, -0.05) is 48.0 Å². The summed E-state index contributed by atoms with van der Waals surface area (Å²) in [5, 5.41) is 7.15. The van der Waals surface area contributed by atoms with Gasteiger partial charge in [0.15, 0.2) is 6.10 Å². The Morgan fingerprint density at radius 3 is 2.59 bits per heavy atom. The topological polar surface area (TPSA) is 103 Å². The lowest BCUT2D eigenvalue weighted by Crippen LogP contribution is -2.36. The predicted octanol–water partition coefficient (Wildman–Crippen LogP) is 2.40. The van der Waals surface area contributed by atoms with Crippen molar-refractivity contribution in [3.63, 3.8) is 0 Å². The highest BCUT2D eigenvalue weighted by atomic mass is 35.5. The highest BCUT2D eigenvalue weighted by Gasteiger charge is 2.20. The number of carbonyl (C=O) groups excluding carboxylic acids is 2. The molecule has 0 aliphatic carbocycles. The van der Waals surface area contributed by atoms with E-state index in [0.29, 0.717) is 10.6 Å². The third-order valence-corrected chi connectivity index (χ3v) is 4.36. The molecule has 3 rings (SSSR count). The first-order valence-corrected chi connectivity index (χ1v) is 9.16. The van der Waals surface area contributed by atoms with Gasteiger partial charge in [-0.2, -0.15) is 4.68 Å². The molecule has 1 N–H and O–H groups in total. The highest BCUT2D eigenvalue weighted by molar-refractivity contribution is 6.31. The molecule has 0 fully saturated rings. The standard InChI is InChI=1S/C20H18ClN3O5/c1-13(18(26)22-11-15-9-5-6-10-16(15)21)28-17(25)12-24-20(27)29-19(23-24)14-7-3-2-4-8-14/h2-10,13H,11-12H2,1H3,(H,22,26)/t13-/m1/s1. The van der Waals surface area contributed by atoms with E-state index in [0.717, 1.165) is 10.2 Å². The largest absolute Gasteiger partial charge is 0.451 e. The summed E-state index contributed by atoms with van der Waals surface area (Å²) in [5.41, 5.74) is 1.34. The number of ether oxygens (including phenoxy) is 1. The Balaban J connectivity index is 1.55. The van der Waals surface area contributed by atoms with Gasteiger partial charge in [0.2, 0.25) is 5.89 Å². The molecule has 0 radical (unpaired) electrons. The molecule has 0 saturated carbocycles. The molecule has 29 heavy (non-hydrogen) atoms. The Morgan fingerprint density at radius 1 is 1.17 bits per heavy atom. The number of hydrogen-bond donors (Lipinski definition) is 1. The quantitative estimate of drug-likeness (QED) is 0.594. The van der Waals surface area contributed by atoms with E-state index in [2.05, 4.69) is 10.4 Å². The van der Waals surface area contributed by atoms with Crippen LogP contribution >= 0.6 is 11.6 Å². The van der Waals surface area contributed by atoms with E-state index in [1.807, 2.05) is 6.07 Å². The van der Waals surface area contributed by atoms with E-state index in [4.69, 9.17) is 20.8 Å². The first kappa shape index (κ1) is 20.3. The van der Waals surface area contributed by atoms with E-state index in [9.17, 15) is 14.4 Å². The third-order valence-electron chi connectivity index (χ3n) is 3.99. The van der Waals surface area contributed by atoms with E-state index in [-0.39, 0.29) is 12.4 Å². The van der Waals surface area contributed by atoms with Crippen molar-refractivity contribution in [2.24, 2.45) is 0 Å². The molecule has 0 aliphatic heterocycles. The van der Waals surface area contributed by atoms with Crippen molar-refractivity contribution in [3.8, 4) is 11.5 Å². The van der Waals surface area contributed by atoms with Crippen LogP contribution in [0.3, 0.4) is 0 Å². The molecule has 9 heteroatoms. The van der Waals surface area contributed by atoms with Gasteiger partial charge >= 0.3 is 11.7 Å². The molecule has 0 saturated heterocycles. The summed E-state index contributed by atoms with van der Waals surface area (Å²) >= 11 is 6.04. The molecule has 1 heterocycles. The van der Waals surface area contributed by atoms with Crippen LogP contribution in [0.1, 0.15) is 12.5 Å². The Hall–Kier alpha value is -3.39. The molecule has 0 spiro atoms. The number of esters is 1. The summed E-state index contributed by atoms with van der Waals surface area (Å²) in [5.74, 6) is -1.98. The summed E-state index contributed by atoms with van der Waals surface area (Å²) in [6.07, 6.45) is -1.05. The Labute approximate surface area is 171 Å². The summed E-state index contributed by atoms with van der Waals surface area (Å²) in [6, 6.07) is 15.9. The van der Waals surface area contributed by atoms with E-state index < -0.39 is 30.3 Å². The molecule has 150 valence electrons. The summed E-state index contributed by atoms with van der Waals surface area (Å²) in [4.78, 5) is 36.1. The normalized spacial score (nSPS) is 11.7. The van der Waals surface area contributed by atoms with Crippen molar-refractivity contribution >= 4 is 23.5 Å². The number of nitrogens with one attached hydrogen (secondary N) is 1. The van der Waals surface area contributed by atoms with Crippen molar-refractivity contribution < 1.29 is 18.7 Å². The molecule has 0 aliphatic rings. The van der Waals surface area contributed by atoms with Gasteiger partial charge in [-0.3, -0.25) is 9.59 Å². The second-order valence-corrected chi connectivity index (χ2v) is 6.55. The molecular weight excluding hydrogens is 398 g/mol. The average Bonchev–Trinajstić information content (AvgIpc) is 3.08. The van der Waals surface area contributed by atoms with Gasteiger partial charge in [-0.15, -0.1) is 5.10 Å². The lowest BCUT2D eigenvalue weighted by atomic mass is 10.2. The lowest BCUT2D eigenvalue weighted by Gasteiger charge is -2.13. The SMILES string of the molecule is C[C@@H](OC(=O)Cn1nc(-c2ccccc2)oc1=O)C(=O)NCc1ccccc1Cl. The summed E-state index contributed by atoms with van der Waals surface area (Å²) in [7, 11) is 0. The van der Waals surface area contributed by atoms with Crippen LogP contribution in [0.15, 0.2) is 63.8 Å². The fourth-order valence-corrected chi connectivity index (χ4v) is 2.68. The van der Waals surface area contributed by atoms with Gasteiger partial charge in [0, 0.05) is 17.1 Å². The smallest absolute Gasteiger partial charge is 0.437 e. The number of halogens is 1. The number of carbonyl (C=O) groups is 2. The van der Waals surface area contributed by atoms with Crippen molar-refractivity contribution in [1.29, 1.82) is 0 Å². The van der Waals surface area contributed by atoms with E-state index >= 15 is 0 Å². The number of rotatable bonds is 7. The van der Waals surface area contributed by atoms with Crippen LogP contribution in [0.4, 0.5) is 0 Å². The number of nitrogens with zero attached hydrogens (tertiary/aromatic N) is 2. The number of aromatic nitrogens is 2. The zero-order chi connectivity index (χ0) is 20.8. The number of amides is 1. The van der Waals surface area contributed by atoms with Gasteiger partial charge < -0.3 is 14.5 Å². The Morgan fingerprint density at radius 2 is 1.86 bits per heavy atom. The average molecular weight is 416 g/mol. The minimum absolute atomic E-state index is 0.0916. The summed E-state index contributed by atoms with van der Waals surface area (Å²) in [6.45, 7) is 1.15. The number of hydrogen-bond acceptors (Lipinski definition) is 6. The van der Waals surface area contributed by atoms with Crippen LogP contribution in [0.2, 0.25) is 5.02 Å². The molecule has 1 amide bonds. The van der Waals surface area contributed by atoms with Gasteiger partial charge in [0.05, 0.1) is 0 Å². The van der Waals surface area contributed by atoms with Crippen molar-refractivity contribution in [2.45, 2.75) is 26.1 Å². The fourth-order valence-electron chi connectivity index (χ4n) is 2.48. The zero-order valence-electron chi connectivity index (χ0n) is 15.5. The highest BCUT2D eigenvalue weighted by Crippen LogP contribution is 2.15. The van der Waals surface area contributed by atoms with Crippen LogP contribution in [0.25, 0.3) is 11.5 Å². The molecule has 2 aromatic carbocycles. The molecule has 3 aromatic rings. The predicted molar refractivity (Wildman–Crippen MR) is 105 cm³/mol. The van der Waals surface area contributed by atoms with Crippen LogP contribution in [0, 0.1) is 0 Å². The molecule has 1 atom stereocenters. The molecule has 0 unspecified atom stereocenters. The fraction of sp³-hybridized carbons (Fsp3) is 0.200. The van der Waals surface area contributed by atoms with Gasteiger partial charge in [-0.05, 0) is 30.7 Å². The first-order chi connectivity index (χ1) is 13.9. The minimum Gasteiger partial charge on any atom is -0.451 e. The molecule has 0 bridgehead atoms. The minimum atomic E-state index is -1.05. The zero-order valence-corrected chi connectivity index (χ0v) is 16.3. The second-order valence-electron chi connectivity index (χ2n) is 6.14. The maximum Gasteiger partial charge on any atom is 0.437 e. The Kier molecular flexibility index (Phi) is 6.46. The summed E-state index contributed by atoms with van der Waals surface area (Å²) < 4.78 is 11.0. The Bertz CT molecular complexity index is 1060. The van der Waals surface area contributed by atoms with E-state index in [1.54, 1.807) is 48.5 Å². The van der Waals surface area contributed by atoms with E-state index in [1.165, 1.54) is 6.92 Å². The van der Waals surface area contributed by atoms with Gasteiger partial charge in [-0.25, -0.2) is 4.79 Å². The van der Waals surface area contributed by atoms with Crippen molar-refractivity contribution in [3.05, 3.63) is 75.7 Å². The molecule has 1 aromatic heterocycles. The van der Waals surface area contributed by atoms with Crippen LogP contribution in [-0.2, 0) is 27.4 Å². The maximum atomic E-state index is 12.1. The maximum absolute atomic E-state index is 12.1. The van der Waals surface area contributed by atoms with Crippen LogP contribution in [-0.4, -0.2) is 27.8 Å².